The first-order valence-corrected chi connectivity index (χ1v) is 8.03. The largest absolute Gasteiger partial charge is 0.380 e. The van der Waals surface area contributed by atoms with Crippen LogP contribution in [0, 0.1) is 0 Å². The van der Waals surface area contributed by atoms with Gasteiger partial charge in [0.2, 0.25) is 0 Å². The normalized spacial score (nSPS) is 17.8. The Morgan fingerprint density at radius 2 is 1.75 bits per heavy atom. The molecule has 0 aromatic carbocycles. The highest BCUT2D eigenvalue weighted by Crippen LogP contribution is 2.02. The summed E-state index contributed by atoms with van der Waals surface area (Å²) in [4.78, 5) is 2.48. The average molecular weight is 340 g/mol. The summed E-state index contributed by atoms with van der Waals surface area (Å²) in [6, 6.07) is 0. The van der Waals surface area contributed by atoms with E-state index in [1.165, 1.54) is 43.2 Å². The Hall–Kier alpha value is 0.610. The summed E-state index contributed by atoms with van der Waals surface area (Å²) in [5, 5.41) is 3.36. The van der Waals surface area contributed by atoms with Crippen LogP contribution in [0.5, 0.6) is 0 Å². The van der Waals surface area contributed by atoms with Gasteiger partial charge in [-0.3, -0.25) is 4.90 Å². The Morgan fingerprint density at radius 3 is 2.50 bits per heavy atom. The van der Waals surface area contributed by atoms with Crippen molar-refractivity contribution in [3.05, 3.63) is 0 Å². The van der Waals surface area contributed by atoms with Crippen molar-refractivity contribution < 1.29 is 4.74 Å². The van der Waals surface area contributed by atoms with Gasteiger partial charge in [0, 0.05) is 39.3 Å². The highest BCUT2D eigenvalue weighted by molar-refractivity contribution is 14.1. The Bertz CT molecular complexity index is 152. The lowest BCUT2D eigenvalue weighted by molar-refractivity contribution is 0.0963. The summed E-state index contributed by atoms with van der Waals surface area (Å²) in [6.45, 7) is 7.60. The van der Waals surface area contributed by atoms with E-state index >= 15 is 0 Å². The van der Waals surface area contributed by atoms with E-state index in [2.05, 4.69) is 32.8 Å². The van der Waals surface area contributed by atoms with Gasteiger partial charge in [0.15, 0.2) is 0 Å². The number of unbranched alkanes of at least 4 members (excludes halogenated alkanes) is 3. The van der Waals surface area contributed by atoms with E-state index in [0.717, 1.165) is 32.8 Å². The molecule has 0 amide bonds. The average Bonchev–Trinajstić information content (AvgIpc) is 2.34. The van der Waals surface area contributed by atoms with Crippen molar-refractivity contribution in [3.63, 3.8) is 0 Å². The fraction of sp³-hybridized carbons (Fsp3) is 1.00. The molecular weight excluding hydrogens is 315 g/mol. The molecule has 0 unspecified atom stereocenters. The fourth-order valence-electron chi connectivity index (χ4n) is 1.88. The molecule has 0 bridgehead atoms. The van der Waals surface area contributed by atoms with Gasteiger partial charge in [0.25, 0.3) is 0 Å². The summed E-state index contributed by atoms with van der Waals surface area (Å²) >= 11 is 2.44. The Balaban J connectivity index is 1.77. The molecule has 0 radical (unpaired) electrons. The van der Waals surface area contributed by atoms with E-state index in [1.54, 1.807) is 0 Å². The number of alkyl halides is 1. The zero-order valence-electron chi connectivity index (χ0n) is 10.2. The molecule has 4 heteroatoms. The number of nitrogens with one attached hydrogen (secondary N) is 1. The van der Waals surface area contributed by atoms with Gasteiger partial charge in [-0.25, -0.2) is 0 Å². The zero-order valence-corrected chi connectivity index (χ0v) is 12.4. The molecule has 0 aromatic heterocycles. The molecule has 3 nitrogen and oxygen atoms in total. The van der Waals surface area contributed by atoms with E-state index in [4.69, 9.17) is 4.74 Å². The number of rotatable bonds is 9. The van der Waals surface area contributed by atoms with Crippen LogP contribution in [0.25, 0.3) is 0 Å². The second-order valence-electron chi connectivity index (χ2n) is 4.31. The molecule has 0 aromatic rings. The number of hydrogen-bond acceptors (Lipinski definition) is 3. The second kappa shape index (κ2) is 10.7. The van der Waals surface area contributed by atoms with Crippen molar-refractivity contribution in [2.45, 2.75) is 25.7 Å². The smallest absolute Gasteiger partial charge is 0.0593 e. The van der Waals surface area contributed by atoms with E-state index in [1.807, 2.05) is 0 Å². The number of ether oxygens (including phenoxy) is 1. The van der Waals surface area contributed by atoms with Crippen molar-refractivity contribution >= 4 is 22.6 Å². The lowest BCUT2D eigenvalue weighted by Gasteiger charge is -2.26. The summed E-state index contributed by atoms with van der Waals surface area (Å²) in [6.07, 6.45) is 5.29. The maximum atomic E-state index is 5.65. The minimum absolute atomic E-state index is 0.909. The van der Waals surface area contributed by atoms with Crippen LogP contribution in [0.1, 0.15) is 25.7 Å². The molecule has 0 spiro atoms. The van der Waals surface area contributed by atoms with Crippen molar-refractivity contribution in [2.75, 3.05) is 50.4 Å². The molecule has 0 saturated carbocycles. The topological polar surface area (TPSA) is 24.5 Å². The van der Waals surface area contributed by atoms with Gasteiger partial charge < -0.3 is 10.1 Å². The van der Waals surface area contributed by atoms with E-state index in [9.17, 15) is 0 Å². The van der Waals surface area contributed by atoms with Crippen LogP contribution in [0.3, 0.4) is 0 Å². The third kappa shape index (κ3) is 7.81. The van der Waals surface area contributed by atoms with Gasteiger partial charge in [-0.1, -0.05) is 35.4 Å². The Morgan fingerprint density at radius 1 is 1.00 bits per heavy atom. The molecule has 1 saturated heterocycles. The maximum absolute atomic E-state index is 5.65. The lowest BCUT2D eigenvalue weighted by Crippen LogP contribution is -2.44. The Kier molecular flexibility index (Phi) is 9.85. The third-order valence-corrected chi connectivity index (χ3v) is 3.70. The molecule has 16 heavy (non-hydrogen) atoms. The van der Waals surface area contributed by atoms with Crippen LogP contribution in [-0.4, -0.2) is 55.3 Å². The number of piperazine rings is 1. The summed E-state index contributed by atoms with van der Waals surface area (Å²) in [5.41, 5.74) is 0. The van der Waals surface area contributed by atoms with E-state index in [-0.39, 0.29) is 0 Å². The summed E-state index contributed by atoms with van der Waals surface area (Å²) in [7, 11) is 0. The first-order valence-electron chi connectivity index (χ1n) is 6.50. The molecule has 1 heterocycles. The van der Waals surface area contributed by atoms with Crippen molar-refractivity contribution in [3.8, 4) is 0 Å². The predicted octanol–water partition coefficient (Wildman–Crippen LogP) is 1.90. The van der Waals surface area contributed by atoms with Gasteiger partial charge in [-0.2, -0.15) is 0 Å². The van der Waals surface area contributed by atoms with Crippen molar-refractivity contribution in [2.24, 2.45) is 0 Å². The monoisotopic (exact) mass is 340 g/mol. The van der Waals surface area contributed by atoms with Crippen LogP contribution in [0.15, 0.2) is 0 Å². The zero-order chi connectivity index (χ0) is 11.5. The predicted molar refractivity (Wildman–Crippen MR) is 77.5 cm³/mol. The van der Waals surface area contributed by atoms with Crippen molar-refractivity contribution in [1.82, 2.24) is 10.2 Å². The van der Waals surface area contributed by atoms with Gasteiger partial charge in [-0.15, -0.1) is 0 Å². The van der Waals surface area contributed by atoms with Gasteiger partial charge in [-0.05, 0) is 17.3 Å². The molecule has 1 fully saturated rings. The third-order valence-electron chi connectivity index (χ3n) is 2.93. The minimum Gasteiger partial charge on any atom is -0.380 e. The quantitative estimate of drug-likeness (QED) is 0.394. The fourth-order valence-corrected chi connectivity index (χ4v) is 2.42. The highest BCUT2D eigenvalue weighted by Gasteiger charge is 2.07. The van der Waals surface area contributed by atoms with Crippen LogP contribution < -0.4 is 5.32 Å². The minimum atomic E-state index is 0.909. The number of nitrogens with zero attached hydrogens (tertiary/aromatic N) is 1. The van der Waals surface area contributed by atoms with Crippen LogP contribution in [-0.2, 0) is 4.74 Å². The molecule has 96 valence electrons. The number of hydrogen-bond donors (Lipinski definition) is 1. The first kappa shape index (κ1) is 14.7. The van der Waals surface area contributed by atoms with Gasteiger partial charge >= 0.3 is 0 Å². The standard InChI is InChI=1S/C12H25IN2O/c13-5-3-1-2-4-11-16-12-10-15-8-6-14-7-9-15/h14H,1-12H2. The molecule has 1 aliphatic heterocycles. The highest BCUT2D eigenvalue weighted by atomic mass is 127. The van der Waals surface area contributed by atoms with Gasteiger partial charge in [0.05, 0.1) is 6.61 Å². The maximum Gasteiger partial charge on any atom is 0.0593 e. The summed E-state index contributed by atoms with van der Waals surface area (Å²) < 4.78 is 6.95. The first-order chi connectivity index (χ1) is 7.93. The van der Waals surface area contributed by atoms with Gasteiger partial charge in [0.1, 0.15) is 0 Å². The lowest BCUT2D eigenvalue weighted by atomic mass is 10.2. The SMILES string of the molecule is ICCCCCCOCCN1CCNCC1. The molecule has 1 N–H and O–H groups in total. The van der Waals surface area contributed by atoms with Crippen LogP contribution in [0.4, 0.5) is 0 Å². The van der Waals surface area contributed by atoms with E-state index < -0.39 is 0 Å². The number of halogens is 1. The van der Waals surface area contributed by atoms with Crippen molar-refractivity contribution in [1.29, 1.82) is 0 Å². The molecular formula is C12H25IN2O. The van der Waals surface area contributed by atoms with E-state index in [0.29, 0.717) is 0 Å². The molecule has 1 aliphatic rings. The summed E-state index contributed by atoms with van der Waals surface area (Å²) in [5.74, 6) is 0. The van der Waals surface area contributed by atoms with Crippen LogP contribution >= 0.6 is 22.6 Å². The molecule has 1 rings (SSSR count). The Labute approximate surface area is 113 Å². The molecule has 0 aliphatic carbocycles. The van der Waals surface area contributed by atoms with Crippen LogP contribution in [0.2, 0.25) is 0 Å². The second-order valence-corrected chi connectivity index (χ2v) is 5.39. The molecule has 0 atom stereocenters.